The minimum atomic E-state index is -1.12. The van der Waals surface area contributed by atoms with Crippen LogP contribution in [0.3, 0.4) is 0 Å². The summed E-state index contributed by atoms with van der Waals surface area (Å²) in [5.41, 5.74) is 7.93. The number of fused-ring (bicyclic) bond motifs is 5. The smallest absolute Gasteiger partial charge is 0.254 e. The molecule has 4 saturated carbocycles. The summed E-state index contributed by atoms with van der Waals surface area (Å²) in [5, 5.41) is 33.5. The summed E-state index contributed by atoms with van der Waals surface area (Å²) in [4.78, 5) is 40.6. The average Bonchev–Trinajstić information content (AvgIpc) is 3.74. The summed E-state index contributed by atoms with van der Waals surface area (Å²) in [5.74, 6) is -0.272. The van der Waals surface area contributed by atoms with Crippen molar-refractivity contribution < 1.29 is 34.7 Å². The SMILES string of the molecule is CSC(=O)[C@@]1(OC(O)C2CC2)CCC2[C@@H]3CCC4=CC([NH2+]c5cccc(C(=O)N6CCC[C@@H]6C(N)=O)c5)=C(C=N)C[C@]4(C)C3[C@@H](O)C[C@@]21C. The van der Waals surface area contributed by atoms with Crippen LogP contribution in [-0.4, -0.2) is 75.1 Å². The van der Waals surface area contributed by atoms with E-state index >= 15 is 0 Å². The summed E-state index contributed by atoms with van der Waals surface area (Å²) < 4.78 is 6.46. The number of carbonyl (C=O) groups excluding carboxylic acids is 3. The van der Waals surface area contributed by atoms with Gasteiger partial charge in [-0.25, -0.2) is 0 Å². The first-order chi connectivity index (χ1) is 23.4. The summed E-state index contributed by atoms with van der Waals surface area (Å²) >= 11 is 1.17. The Bertz CT molecular complexity index is 1620. The standard InChI is InChI=1S/C38H50N4O6S/c1-36-18-23(20-39)28(41-25-7-4-6-22(16-25)33(45)42-15-5-8-29(42)32(40)44)17-24(36)11-12-26-27-13-14-38(35(47)49-3,48-34(46)21-9-10-21)37(27,2)19-30(43)31(26)36/h4,6-7,16-17,20-21,26-27,29-31,34,39,41,43,46H,5,8-15,18-19H2,1-3H3,(H2,40,44)/p+1/t26-,27?,29+,30-,31?,34?,36-,37-,38-/m0/s1. The van der Waals surface area contributed by atoms with E-state index < -0.39 is 35.4 Å². The van der Waals surface area contributed by atoms with Crippen molar-refractivity contribution in [3.05, 3.63) is 52.7 Å². The van der Waals surface area contributed by atoms with E-state index in [1.807, 2.05) is 23.5 Å². The quantitative estimate of drug-likeness (QED) is 0.149. The maximum absolute atomic E-state index is 13.7. The molecular weight excluding hydrogens is 641 g/mol. The second kappa shape index (κ2) is 12.7. The lowest BCUT2D eigenvalue weighted by atomic mass is 9.45. The number of ether oxygens (including phenoxy) is 1. The van der Waals surface area contributed by atoms with Crippen LogP contribution < -0.4 is 11.1 Å². The van der Waals surface area contributed by atoms with Crippen molar-refractivity contribution in [2.75, 3.05) is 12.8 Å². The molecular formula is C38H51N4O6S+. The van der Waals surface area contributed by atoms with E-state index in [2.05, 4.69) is 19.9 Å². The summed E-state index contributed by atoms with van der Waals surface area (Å²) in [6.45, 7) is 4.88. The third-order valence-electron chi connectivity index (χ3n) is 13.4. The Balaban J connectivity index is 1.14. The summed E-state index contributed by atoms with van der Waals surface area (Å²) in [6.07, 6.45) is 11.1. The lowest BCUT2D eigenvalue weighted by Gasteiger charge is -2.61. The van der Waals surface area contributed by atoms with Crippen LogP contribution in [0.4, 0.5) is 5.69 Å². The Labute approximate surface area is 292 Å². The highest BCUT2D eigenvalue weighted by atomic mass is 32.2. The van der Waals surface area contributed by atoms with E-state index in [0.717, 1.165) is 55.5 Å². The molecule has 1 saturated heterocycles. The molecule has 1 aromatic carbocycles. The molecule has 7 N–H and O–H groups in total. The molecule has 3 unspecified atom stereocenters. The molecule has 10 nitrogen and oxygen atoms in total. The molecule has 264 valence electrons. The molecule has 5 aliphatic carbocycles. The average molecular weight is 692 g/mol. The van der Waals surface area contributed by atoms with Crippen LogP contribution in [0.2, 0.25) is 0 Å². The predicted molar refractivity (Wildman–Crippen MR) is 187 cm³/mol. The van der Waals surface area contributed by atoms with Gasteiger partial charge in [0.15, 0.2) is 6.29 Å². The number of nitrogens with two attached hydrogens (primary N) is 2. The van der Waals surface area contributed by atoms with Crippen molar-refractivity contribution >= 4 is 40.6 Å². The van der Waals surface area contributed by atoms with Gasteiger partial charge in [0, 0.05) is 41.3 Å². The van der Waals surface area contributed by atoms with Crippen LogP contribution in [0.15, 0.2) is 47.2 Å². The van der Waals surface area contributed by atoms with Crippen LogP contribution >= 0.6 is 11.8 Å². The zero-order valence-corrected chi connectivity index (χ0v) is 29.6. The highest BCUT2D eigenvalue weighted by Gasteiger charge is 2.70. The zero-order chi connectivity index (χ0) is 34.9. The van der Waals surface area contributed by atoms with Crippen LogP contribution in [-0.2, 0) is 14.3 Å². The van der Waals surface area contributed by atoms with E-state index in [-0.39, 0.29) is 40.1 Å². The number of amides is 2. The number of allylic oxidation sites excluding steroid dienone is 3. The molecule has 5 fully saturated rings. The van der Waals surface area contributed by atoms with Gasteiger partial charge in [0.25, 0.3) is 5.91 Å². The van der Waals surface area contributed by atoms with Gasteiger partial charge < -0.3 is 31.0 Å². The second-order valence-electron chi connectivity index (χ2n) is 15.9. The highest BCUT2D eigenvalue weighted by Crippen LogP contribution is 2.69. The number of hydrogen-bond donors (Lipinski definition) is 5. The van der Waals surface area contributed by atoms with Crippen LogP contribution in [0, 0.1) is 39.9 Å². The number of rotatable bonds is 9. The van der Waals surface area contributed by atoms with E-state index in [1.165, 1.54) is 23.5 Å². The molecule has 1 heterocycles. The van der Waals surface area contributed by atoms with Crippen molar-refractivity contribution in [3.8, 4) is 0 Å². The van der Waals surface area contributed by atoms with Gasteiger partial charge in [0.2, 0.25) is 11.0 Å². The van der Waals surface area contributed by atoms with Crippen molar-refractivity contribution in [3.63, 3.8) is 0 Å². The largest absolute Gasteiger partial charge is 0.393 e. The van der Waals surface area contributed by atoms with Crippen molar-refractivity contribution in [2.24, 2.45) is 40.2 Å². The number of nitrogens with one attached hydrogen (secondary N) is 1. The zero-order valence-electron chi connectivity index (χ0n) is 28.8. The number of aliphatic hydroxyl groups excluding tert-OH is 2. The number of carbonyl (C=O) groups is 3. The number of likely N-dealkylation sites (tertiary alicyclic amines) is 1. The summed E-state index contributed by atoms with van der Waals surface area (Å²) in [7, 11) is 0. The number of aliphatic hydroxyl groups is 2. The topological polar surface area (TPSA) is 171 Å². The molecule has 9 atom stereocenters. The number of quaternary nitrogens is 1. The first kappa shape index (κ1) is 34.6. The van der Waals surface area contributed by atoms with Gasteiger partial charge in [-0.2, -0.15) is 0 Å². The lowest BCUT2D eigenvalue weighted by molar-refractivity contribution is -0.513. The van der Waals surface area contributed by atoms with Crippen LogP contribution in [0.25, 0.3) is 0 Å². The van der Waals surface area contributed by atoms with E-state index in [4.69, 9.17) is 15.9 Å². The van der Waals surface area contributed by atoms with Gasteiger partial charge in [0.1, 0.15) is 23.0 Å². The second-order valence-corrected chi connectivity index (χ2v) is 16.7. The fraction of sp³-hybridized carbons (Fsp3) is 0.632. The lowest BCUT2D eigenvalue weighted by Crippen LogP contribution is -2.76. The Kier molecular flexibility index (Phi) is 9.00. The third kappa shape index (κ3) is 5.55. The molecule has 1 aliphatic heterocycles. The third-order valence-corrected chi connectivity index (χ3v) is 14.1. The fourth-order valence-corrected chi connectivity index (χ4v) is 11.5. The molecule has 11 heteroatoms. The molecule has 0 radical (unpaired) electrons. The first-order valence-electron chi connectivity index (χ1n) is 18.0. The predicted octanol–water partition coefficient (Wildman–Crippen LogP) is 3.79. The maximum atomic E-state index is 13.7. The van der Waals surface area contributed by atoms with Crippen LogP contribution in [0.1, 0.15) is 88.4 Å². The molecule has 0 spiro atoms. The fourth-order valence-electron chi connectivity index (χ4n) is 10.8. The molecule has 0 bridgehead atoms. The van der Waals surface area contributed by atoms with Crippen molar-refractivity contribution in [1.82, 2.24) is 4.90 Å². The number of hydrogen-bond acceptors (Lipinski definition) is 8. The Morgan fingerprint density at radius 2 is 1.96 bits per heavy atom. The number of primary amides is 1. The normalized spacial score (nSPS) is 37.5. The van der Waals surface area contributed by atoms with E-state index in [0.29, 0.717) is 37.8 Å². The number of thioether (sulfide) groups is 1. The van der Waals surface area contributed by atoms with Gasteiger partial charge in [0.05, 0.1) is 6.10 Å². The first-order valence-corrected chi connectivity index (χ1v) is 19.2. The molecule has 7 rings (SSSR count). The molecule has 6 aliphatic rings. The molecule has 2 amide bonds. The van der Waals surface area contributed by atoms with Crippen molar-refractivity contribution in [1.29, 1.82) is 5.41 Å². The minimum absolute atomic E-state index is 0.0322. The van der Waals surface area contributed by atoms with Gasteiger partial charge in [-0.15, -0.1) is 0 Å². The minimum Gasteiger partial charge on any atom is -0.393 e. The van der Waals surface area contributed by atoms with Gasteiger partial charge >= 0.3 is 0 Å². The van der Waals surface area contributed by atoms with Gasteiger partial charge in [-0.3, -0.25) is 19.7 Å². The number of nitrogens with zero attached hydrogens (tertiary/aromatic N) is 1. The molecule has 0 aromatic heterocycles. The van der Waals surface area contributed by atoms with Gasteiger partial charge in [-0.05, 0) is 112 Å². The Hall–Kier alpha value is -2.83. The van der Waals surface area contributed by atoms with Gasteiger partial charge in [-0.1, -0.05) is 37.2 Å². The highest BCUT2D eigenvalue weighted by molar-refractivity contribution is 8.13. The molecule has 1 aromatic rings. The maximum Gasteiger partial charge on any atom is 0.254 e. The molecule has 49 heavy (non-hydrogen) atoms. The van der Waals surface area contributed by atoms with E-state index in [9.17, 15) is 24.6 Å². The van der Waals surface area contributed by atoms with Crippen molar-refractivity contribution in [2.45, 2.75) is 102 Å². The summed E-state index contributed by atoms with van der Waals surface area (Å²) in [6, 6.07) is 6.81. The monoisotopic (exact) mass is 691 g/mol. The van der Waals surface area contributed by atoms with Crippen LogP contribution in [0.5, 0.6) is 0 Å². The Morgan fingerprint density at radius 1 is 1.18 bits per heavy atom. The van der Waals surface area contributed by atoms with E-state index in [1.54, 1.807) is 17.2 Å². The Morgan fingerprint density at radius 3 is 2.65 bits per heavy atom. The number of benzene rings is 1.